The molecule has 0 N–H and O–H groups in total. The molecule has 0 unspecified atom stereocenters. The Morgan fingerprint density at radius 2 is 1.77 bits per heavy atom. The largest absolute Gasteiger partial charge is 0.335 e. The van der Waals surface area contributed by atoms with Crippen molar-refractivity contribution in [2.24, 2.45) is 7.05 Å². The van der Waals surface area contributed by atoms with Crippen molar-refractivity contribution in [3.8, 4) is 11.4 Å². The van der Waals surface area contributed by atoms with Crippen molar-refractivity contribution in [1.82, 2.24) is 19.7 Å². The van der Waals surface area contributed by atoms with Crippen molar-refractivity contribution >= 4 is 17.7 Å². The van der Waals surface area contributed by atoms with Gasteiger partial charge < -0.3 is 9.47 Å². The average molecular weight is 439 g/mol. The van der Waals surface area contributed by atoms with E-state index in [1.165, 1.54) is 30.3 Å². The van der Waals surface area contributed by atoms with Gasteiger partial charge in [-0.1, -0.05) is 73.5 Å². The van der Waals surface area contributed by atoms with Gasteiger partial charge in [0.05, 0.1) is 5.75 Å². The van der Waals surface area contributed by atoms with Crippen LogP contribution in [0.3, 0.4) is 0 Å². The molecule has 1 aliphatic rings. The molecule has 0 spiro atoms. The van der Waals surface area contributed by atoms with Gasteiger partial charge in [-0.25, -0.2) is 4.39 Å². The van der Waals surface area contributed by atoms with Crippen molar-refractivity contribution in [1.29, 1.82) is 0 Å². The molecular formula is C24H27FN4OS. The molecule has 1 heterocycles. The maximum Gasteiger partial charge on any atom is 0.233 e. The normalized spacial score (nSPS) is 14.5. The smallest absolute Gasteiger partial charge is 0.233 e. The summed E-state index contributed by atoms with van der Waals surface area (Å²) in [5.74, 6) is 0.918. The Balaban J connectivity index is 1.46. The fourth-order valence-electron chi connectivity index (χ4n) is 4.09. The van der Waals surface area contributed by atoms with Crippen LogP contribution in [0.1, 0.15) is 37.7 Å². The van der Waals surface area contributed by atoms with Gasteiger partial charge in [0.1, 0.15) is 5.82 Å². The van der Waals surface area contributed by atoms with E-state index in [4.69, 9.17) is 0 Å². The molecule has 1 fully saturated rings. The number of aromatic nitrogens is 3. The molecule has 4 rings (SSSR count). The lowest BCUT2D eigenvalue weighted by molar-refractivity contribution is -0.132. The van der Waals surface area contributed by atoms with Gasteiger partial charge in [-0.3, -0.25) is 4.79 Å². The molecule has 1 aliphatic carbocycles. The van der Waals surface area contributed by atoms with Crippen LogP contribution in [0, 0.1) is 5.82 Å². The Kier molecular flexibility index (Phi) is 7.02. The monoisotopic (exact) mass is 438 g/mol. The van der Waals surface area contributed by atoms with Crippen LogP contribution in [0.25, 0.3) is 11.4 Å². The van der Waals surface area contributed by atoms with Gasteiger partial charge in [-0.05, 0) is 30.5 Å². The molecule has 0 atom stereocenters. The van der Waals surface area contributed by atoms with Crippen molar-refractivity contribution in [2.75, 3.05) is 5.75 Å². The fourth-order valence-corrected chi connectivity index (χ4v) is 4.89. The lowest BCUT2D eigenvalue weighted by atomic mass is 9.94. The number of carbonyl (C=O) groups excluding carboxylic acids is 1. The summed E-state index contributed by atoms with van der Waals surface area (Å²) in [6.45, 7) is 0.512. The molecule has 7 heteroatoms. The summed E-state index contributed by atoms with van der Waals surface area (Å²) in [7, 11) is 1.92. The number of hydrogen-bond acceptors (Lipinski definition) is 4. The number of thioether (sulfide) groups is 1. The van der Waals surface area contributed by atoms with E-state index in [9.17, 15) is 9.18 Å². The zero-order valence-electron chi connectivity index (χ0n) is 17.7. The third-order valence-electron chi connectivity index (χ3n) is 5.79. The van der Waals surface area contributed by atoms with E-state index >= 15 is 0 Å². The maximum absolute atomic E-state index is 13.3. The lowest BCUT2D eigenvalue weighted by Gasteiger charge is -2.34. The summed E-state index contributed by atoms with van der Waals surface area (Å²) in [6.07, 6.45) is 5.58. The molecule has 1 saturated carbocycles. The molecule has 0 aliphatic heterocycles. The minimum atomic E-state index is -0.258. The van der Waals surface area contributed by atoms with Gasteiger partial charge in [0.2, 0.25) is 5.91 Å². The van der Waals surface area contributed by atoms with Gasteiger partial charge in [-0.15, -0.1) is 10.2 Å². The highest BCUT2D eigenvalue weighted by Gasteiger charge is 2.26. The molecule has 5 nitrogen and oxygen atoms in total. The first-order chi connectivity index (χ1) is 15.1. The highest BCUT2D eigenvalue weighted by molar-refractivity contribution is 7.99. The van der Waals surface area contributed by atoms with Crippen LogP contribution in [0.5, 0.6) is 0 Å². The molecule has 0 radical (unpaired) electrons. The van der Waals surface area contributed by atoms with Crippen LogP contribution < -0.4 is 0 Å². The quantitative estimate of drug-likeness (QED) is 0.483. The van der Waals surface area contributed by atoms with E-state index in [0.717, 1.165) is 47.8 Å². The highest BCUT2D eigenvalue weighted by atomic mass is 32.2. The lowest BCUT2D eigenvalue weighted by Crippen LogP contribution is -2.42. The van der Waals surface area contributed by atoms with Gasteiger partial charge in [0.15, 0.2) is 11.0 Å². The molecule has 2 aromatic carbocycles. The van der Waals surface area contributed by atoms with E-state index in [0.29, 0.717) is 12.3 Å². The van der Waals surface area contributed by atoms with Gasteiger partial charge >= 0.3 is 0 Å². The van der Waals surface area contributed by atoms with Gasteiger partial charge in [-0.2, -0.15) is 0 Å². The van der Waals surface area contributed by atoms with E-state index < -0.39 is 0 Å². The van der Waals surface area contributed by atoms with Crippen LogP contribution >= 0.6 is 11.8 Å². The second kappa shape index (κ2) is 10.1. The minimum Gasteiger partial charge on any atom is -0.335 e. The second-order valence-electron chi connectivity index (χ2n) is 7.96. The van der Waals surface area contributed by atoms with Crippen LogP contribution in [0.2, 0.25) is 0 Å². The number of rotatable bonds is 7. The van der Waals surface area contributed by atoms with E-state index in [-0.39, 0.29) is 17.8 Å². The first-order valence-corrected chi connectivity index (χ1v) is 11.7. The van der Waals surface area contributed by atoms with Gasteiger partial charge in [0, 0.05) is 25.2 Å². The predicted octanol–water partition coefficient (Wildman–Crippen LogP) is 5.07. The third-order valence-corrected chi connectivity index (χ3v) is 6.80. The highest BCUT2D eigenvalue weighted by Crippen LogP contribution is 2.27. The molecule has 1 aromatic heterocycles. The number of carbonyl (C=O) groups is 1. The Bertz CT molecular complexity index is 1000. The van der Waals surface area contributed by atoms with Crippen molar-refractivity contribution in [3.05, 3.63) is 66.0 Å². The van der Waals surface area contributed by atoms with Crippen LogP contribution in [0.4, 0.5) is 4.39 Å². The number of hydrogen-bond donors (Lipinski definition) is 0. The summed E-state index contributed by atoms with van der Waals surface area (Å²) >= 11 is 1.41. The van der Waals surface area contributed by atoms with Crippen molar-refractivity contribution < 1.29 is 9.18 Å². The Morgan fingerprint density at radius 1 is 1.06 bits per heavy atom. The van der Waals surface area contributed by atoms with Crippen LogP contribution in [0.15, 0.2) is 59.8 Å². The van der Waals surface area contributed by atoms with E-state index in [2.05, 4.69) is 10.2 Å². The van der Waals surface area contributed by atoms with Crippen LogP contribution in [-0.2, 0) is 18.4 Å². The average Bonchev–Trinajstić information content (AvgIpc) is 3.18. The summed E-state index contributed by atoms with van der Waals surface area (Å²) in [6, 6.07) is 16.6. The van der Waals surface area contributed by atoms with Crippen molar-refractivity contribution in [2.45, 2.75) is 49.8 Å². The van der Waals surface area contributed by atoms with E-state index in [1.807, 2.05) is 46.8 Å². The molecule has 1 amide bonds. The summed E-state index contributed by atoms with van der Waals surface area (Å²) in [5, 5.41) is 9.32. The number of nitrogens with zero attached hydrogens (tertiary/aromatic N) is 4. The zero-order chi connectivity index (χ0) is 21.6. The minimum absolute atomic E-state index is 0.0884. The Labute approximate surface area is 186 Å². The van der Waals surface area contributed by atoms with Crippen molar-refractivity contribution in [3.63, 3.8) is 0 Å². The predicted molar refractivity (Wildman–Crippen MR) is 121 cm³/mol. The second-order valence-corrected chi connectivity index (χ2v) is 8.90. The van der Waals surface area contributed by atoms with Crippen LogP contribution in [-0.4, -0.2) is 37.4 Å². The standard InChI is InChI=1S/C24H27FN4OS/c1-28-23(19-8-4-2-5-9-19)26-27-24(28)31-17-22(30)29(21-10-6-3-7-11-21)16-18-12-14-20(25)15-13-18/h2,4-5,8-9,12-15,21H,3,6-7,10-11,16-17H2,1H3. The first kappa shape index (κ1) is 21.6. The molecular weight excluding hydrogens is 411 g/mol. The summed E-state index contributed by atoms with van der Waals surface area (Å²) in [4.78, 5) is 15.2. The third kappa shape index (κ3) is 5.34. The summed E-state index contributed by atoms with van der Waals surface area (Å²) in [5.41, 5.74) is 1.95. The molecule has 162 valence electrons. The molecule has 3 aromatic rings. The molecule has 31 heavy (non-hydrogen) atoms. The maximum atomic E-state index is 13.3. The molecule has 0 saturated heterocycles. The Hall–Kier alpha value is -2.67. The molecule has 0 bridgehead atoms. The van der Waals surface area contributed by atoms with Gasteiger partial charge in [0.25, 0.3) is 0 Å². The summed E-state index contributed by atoms with van der Waals surface area (Å²) < 4.78 is 15.2. The fraction of sp³-hybridized carbons (Fsp3) is 0.375. The number of halogens is 1. The number of benzene rings is 2. The van der Waals surface area contributed by atoms with E-state index in [1.54, 1.807) is 12.1 Å². The topological polar surface area (TPSA) is 51.0 Å². The zero-order valence-corrected chi connectivity index (χ0v) is 18.5. The Morgan fingerprint density at radius 3 is 2.48 bits per heavy atom. The SMILES string of the molecule is Cn1c(SCC(=O)N(Cc2ccc(F)cc2)C2CCCCC2)nnc1-c1ccccc1. The number of amides is 1. The first-order valence-electron chi connectivity index (χ1n) is 10.7.